The number of carbonyl (C=O) groups excluding carboxylic acids is 1. The lowest BCUT2D eigenvalue weighted by molar-refractivity contribution is -0.143. The number of nitrogens with one attached hydrogen (secondary N) is 1. The van der Waals surface area contributed by atoms with E-state index in [4.69, 9.17) is 0 Å². The number of rotatable bonds is 5. The molecule has 0 radical (unpaired) electrons. The Morgan fingerprint density at radius 2 is 1.82 bits per heavy atom. The first-order valence-electron chi connectivity index (χ1n) is 15.4. The van der Waals surface area contributed by atoms with Crippen LogP contribution in [0.15, 0.2) is 48.5 Å². The van der Waals surface area contributed by atoms with E-state index in [9.17, 15) is 4.79 Å². The van der Waals surface area contributed by atoms with Gasteiger partial charge in [-0.15, -0.1) is 0 Å². The zero-order valence-electron chi connectivity index (χ0n) is 23.6. The number of benzene rings is 2. The third kappa shape index (κ3) is 4.84. The molecule has 1 saturated carbocycles. The first kappa shape index (κ1) is 26.1. The summed E-state index contributed by atoms with van der Waals surface area (Å²) in [6.45, 7) is 3.66. The topological polar surface area (TPSA) is 35.6 Å². The first-order valence-corrected chi connectivity index (χ1v) is 15.4. The van der Waals surface area contributed by atoms with Crippen molar-refractivity contribution in [3.05, 3.63) is 70.8 Å². The van der Waals surface area contributed by atoms with Crippen LogP contribution in [0, 0.1) is 11.8 Å². The van der Waals surface area contributed by atoms with Crippen molar-refractivity contribution in [1.29, 1.82) is 0 Å². The van der Waals surface area contributed by atoms with Gasteiger partial charge in [-0.1, -0.05) is 67.8 Å². The van der Waals surface area contributed by atoms with Crippen molar-refractivity contribution in [2.75, 3.05) is 33.7 Å². The fourth-order valence-corrected chi connectivity index (χ4v) is 8.69. The van der Waals surface area contributed by atoms with Crippen LogP contribution in [0.5, 0.6) is 0 Å². The largest absolute Gasteiger partial charge is 0.339 e. The zero-order valence-corrected chi connectivity index (χ0v) is 23.6. The summed E-state index contributed by atoms with van der Waals surface area (Å²) in [6.07, 6.45) is 12.3. The molecule has 0 unspecified atom stereocenters. The van der Waals surface area contributed by atoms with Crippen LogP contribution in [0.3, 0.4) is 0 Å². The Labute approximate surface area is 230 Å². The summed E-state index contributed by atoms with van der Waals surface area (Å²) in [5.41, 5.74) is 5.86. The SMILES string of the molecule is CN(C)Cc1cccc2c1CCC[C@]21CNC[C@H]1C(=O)N1CC[C@@H](c2ccccc2)C[C@H]1C1CCCCC1. The molecule has 2 aliphatic heterocycles. The van der Waals surface area contributed by atoms with Crippen molar-refractivity contribution in [2.45, 2.75) is 88.1 Å². The number of piperidine rings is 1. The first-order chi connectivity index (χ1) is 18.6. The molecule has 1 N–H and O–H groups in total. The molecule has 2 aromatic rings. The van der Waals surface area contributed by atoms with E-state index in [-0.39, 0.29) is 11.3 Å². The Hall–Kier alpha value is -2.17. The Morgan fingerprint density at radius 1 is 1.00 bits per heavy atom. The van der Waals surface area contributed by atoms with Gasteiger partial charge < -0.3 is 15.1 Å². The third-order valence-corrected chi connectivity index (χ3v) is 10.5. The summed E-state index contributed by atoms with van der Waals surface area (Å²) >= 11 is 0. The highest BCUT2D eigenvalue weighted by molar-refractivity contribution is 5.82. The average molecular weight is 514 g/mol. The molecular formula is C34H47N3O. The van der Waals surface area contributed by atoms with Crippen LogP contribution in [0.1, 0.15) is 86.0 Å². The second kappa shape index (κ2) is 11.1. The molecule has 2 heterocycles. The zero-order chi connectivity index (χ0) is 26.1. The molecule has 0 bridgehead atoms. The molecule has 2 aromatic carbocycles. The lowest BCUT2D eigenvalue weighted by Crippen LogP contribution is -2.55. The van der Waals surface area contributed by atoms with Gasteiger partial charge in [-0.25, -0.2) is 0 Å². The number of fused-ring (bicyclic) bond motifs is 2. The molecular weight excluding hydrogens is 466 g/mol. The molecule has 2 aliphatic carbocycles. The number of hydrogen-bond acceptors (Lipinski definition) is 3. The van der Waals surface area contributed by atoms with Crippen LogP contribution in [-0.4, -0.2) is 55.5 Å². The van der Waals surface area contributed by atoms with Gasteiger partial charge in [0.15, 0.2) is 0 Å². The summed E-state index contributed by atoms with van der Waals surface area (Å²) in [6, 6.07) is 18.4. The van der Waals surface area contributed by atoms with E-state index >= 15 is 0 Å². The number of nitrogens with zero attached hydrogens (tertiary/aromatic N) is 2. The van der Waals surface area contributed by atoms with Gasteiger partial charge in [0.2, 0.25) is 5.91 Å². The van der Waals surface area contributed by atoms with Crippen molar-refractivity contribution in [3.63, 3.8) is 0 Å². The molecule has 4 heteroatoms. The van der Waals surface area contributed by atoms with E-state index in [2.05, 4.69) is 77.7 Å². The average Bonchev–Trinajstić information content (AvgIpc) is 3.37. The molecule has 38 heavy (non-hydrogen) atoms. The van der Waals surface area contributed by atoms with Gasteiger partial charge in [0.25, 0.3) is 0 Å². The van der Waals surface area contributed by atoms with Crippen LogP contribution in [0.2, 0.25) is 0 Å². The third-order valence-electron chi connectivity index (χ3n) is 10.5. The van der Waals surface area contributed by atoms with Crippen LogP contribution in [0.25, 0.3) is 0 Å². The Morgan fingerprint density at radius 3 is 2.61 bits per heavy atom. The highest BCUT2D eigenvalue weighted by Crippen LogP contribution is 2.48. The van der Waals surface area contributed by atoms with E-state index < -0.39 is 0 Å². The Bertz CT molecular complexity index is 1110. The molecule has 4 nitrogen and oxygen atoms in total. The second-order valence-electron chi connectivity index (χ2n) is 13.0. The summed E-state index contributed by atoms with van der Waals surface area (Å²) in [4.78, 5) is 19.4. The Kier molecular flexibility index (Phi) is 7.64. The van der Waals surface area contributed by atoms with E-state index in [1.165, 1.54) is 60.8 Å². The van der Waals surface area contributed by atoms with E-state index in [0.717, 1.165) is 51.9 Å². The molecule has 204 valence electrons. The van der Waals surface area contributed by atoms with Gasteiger partial charge in [0.05, 0.1) is 5.92 Å². The summed E-state index contributed by atoms with van der Waals surface area (Å²) < 4.78 is 0. The number of likely N-dealkylation sites (tertiary alicyclic amines) is 1. The van der Waals surface area contributed by atoms with Crippen LogP contribution in [-0.2, 0) is 23.2 Å². The minimum absolute atomic E-state index is 0.0514. The van der Waals surface area contributed by atoms with Crippen LogP contribution in [0.4, 0.5) is 0 Å². The van der Waals surface area contributed by atoms with Gasteiger partial charge in [0, 0.05) is 37.6 Å². The highest BCUT2D eigenvalue weighted by Gasteiger charge is 2.52. The molecule has 2 saturated heterocycles. The monoisotopic (exact) mass is 513 g/mol. The number of hydrogen-bond donors (Lipinski definition) is 1. The lowest BCUT2D eigenvalue weighted by atomic mass is 9.63. The van der Waals surface area contributed by atoms with Gasteiger partial charge in [0.1, 0.15) is 0 Å². The predicted molar refractivity (Wildman–Crippen MR) is 155 cm³/mol. The molecule has 1 amide bonds. The minimum Gasteiger partial charge on any atom is -0.339 e. The molecule has 3 fully saturated rings. The minimum atomic E-state index is -0.0552. The fraction of sp³-hybridized carbons (Fsp3) is 0.618. The van der Waals surface area contributed by atoms with Gasteiger partial charge >= 0.3 is 0 Å². The van der Waals surface area contributed by atoms with E-state index in [1.54, 1.807) is 0 Å². The van der Waals surface area contributed by atoms with Gasteiger partial charge in [-0.05, 0) is 93.1 Å². The molecule has 0 aromatic heterocycles. The quantitative estimate of drug-likeness (QED) is 0.541. The fourth-order valence-electron chi connectivity index (χ4n) is 8.69. The van der Waals surface area contributed by atoms with Crippen molar-refractivity contribution in [2.24, 2.45) is 11.8 Å². The van der Waals surface area contributed by atoms with Crippen molar-refractivity contribution < 1.29 is 4.79 Å². The normalized spacial score (nSPS) is 30.1. The maximum absolute atomic E-state index is 14.7. The summed E-state index contributed by atoms with van der Waals surface area (Å²) in [7, 11) is 4.32. The van der Waals surface area contributed by atoms with E-state index in [0.29, 0.717) is 23.8 Å². The maximum Gasteiger partial charge on any atom is 0.228 e. The van der Waals surface area contributed by atoms with Crippen molar-refractivity contribution in [3.8, 4) is 0 Å². The summed E-state index contributed by atoms with van der Waals surface area (Å²) in [5, 5.41) is 3.73. The molecule has 4 aliphatic rings. The van der Waals surface area contributed by atoms with Crippen molar-refractivity contribution >= 4 is 5.91 Å². The second-order valence-corrected chi connectivity index (χ2v) is 13.0. The predicted octanol–water partition coefficient (Wildman–Crippen LogP) is 5.90. The Balaban J connectivity index is 1.31. The highest BCUT2D eigenvalue weighted by atomic mass is 16.2. The number of amides is 1. The molecule has 1 spiro atoms. The van der Waals surface area contributed by atoms with Gasteiger partial charge in [-0.2, -0.15) is 0 Å². The van der Waals surface area contributed by atoms with Crippen LogP contribution < -0.4 is 5.32 Å². The standard InChI is InChI=1S/C34H47N3O/c1-36(2)23-28-15-9-17-30-29(28)16-10-19-34(30)24-35-22-31(34)33(38)37-20-18-27(25-11-5-3-6-12-25)21-32(37)26-13-7-4-8-14-26/h3,5-6,9,11-12,15,17,26-27,31-32,35H,4,7-8,10,13-14,16,18-24H2,1-2H3/t27-,31+,32+,34+/m1/s1. The lowest BCUT2D eigenvalue weighted by Gasteiger charge is -2.48. The molecule has 6 rings (SSSR count). The van der Waals surface area contributed by atoms with Crippen LogP contribution >= 0.6 is 0 Å². The summed E-state index contributed by atoms with van der Waals surface area (Å²) in [5.74, 6) is 1.74. The van der Waals surface area contributed by atoms with E-state index in [1.807, 2.05) is 0 Å². The number of carbonyl (C=O) groups is 1. The maximum atomic E-state index is 14.7. The smallest absolute Gasteiger partial charge is 0.228 e. The molecule has 4 atom stereocenters. The van der Waals surface area contributed by atoms with Gasteiger partial charge in [-0.3, -0.25) is 4.79 Å². The van der Waals surface area contributed by atoms with Crippen molar-refractivity contribution in [1.82, 2.24) is 15.1 Å².